The van der Waals surface area contributed by atoms with E-state index in [1.165, 1.54) is 0 Å². The van der Waals surface area contributed by atoms with Gasteiger partial charge in [0, 0.05) is 19.4 Å². The Morgan fingerprint density at radius 2 is 1.80 bits per heavy atom. The minimum Gasteiger partial charge on any atom is -0.449 e. The van der Waals surface area contributed by atoms with Crippen LogP contribution in [0.4, 0.5) is 0 Å². The molecule has 80 valence electrons. The number of hydrogen-bond donors (Lipinski definition) is 1. The minimum absolute atomic E-state index is 0.106. The molecule has 2 aliphatic rings. The number of nitrogens with two attached hydrogens (primary N) is 1. The minimum atomic E-state index is -0.549. The molecule has 1 aliphatic carbocycles. The number of benzene rings is 1. The molecular weight excluding hydrogens is 190 g/mol. The van der Waals surface area contributed by atoms with Crippen molar-refractivity contribution < 1.29 is 9.47 Å². The molecule has 1 saturated carbocycles. The van der Waals surface area contributed by atoms with Crippen molar-refractivity contribution in [2.75, 3.05) is 0 Å². The van der Waals surface area contributed by atoms with Crippen LogP contribution in [0.3, 0.4) is 0 Å². The van der Waals surface area contributed by atoms with Crippen LogP contribution in [0.15, 0.2) is 18.2 Å². The third kappa shape index (κ3) is 1.38. The predicted octanol–water partition coefficient (Wildman–Crippen LogP) is 2.14. The molecule has 0 aromatic heterocycles. The van der Waals surface area contributed by atoms with Gasteiger partial charge in [-0.3, -0.25) is 0 Å². The van der Waals surface area contributed by atoms with Gasteiger partial charge in [0.15, 0.2) is 11.5 Å². The third-order valence-electron chi connectivity index (χ3n) is 3.02. The number of rotatable bonds is 1. The van der Waals surface area contributed by atoms with Gasteiger partial charge in [0.1, 0.15) is 0 Å². The maximum Gasteiger partial charge on any atom is 0.246 e. The first kappa shape index (κ1) is 9.04. The highest BCUT2D eigenvalue weighted by atomic mass is 16.7. The first-order valence-electron chi connectivity index (χ1n) is 5.30. The predicted molar refractivity (Wildman–Crippen MR) is 56.9 cm³/mol. The van der Waals surface area contributed by atoms with Crippen molar-refractivity contribution in [2.45, 2.75) is 38.0 Å². The van der Waals surface area contributed by atoms with Crippen molar-refractivity contribution in [3.8, 4) is 11.5 Å². The number of hydrogen-bond acceptors (Lipinski definition) is 3. The molecular formula is C12H15NO2. The summed E-state index contributed by atoms with van der Waals surface area (Å²) in [7, 11) is 0. The molecule has 15 heavy (non-hydrogen) atoms. The van der Waals surface area contributed by atoms with Crippen LogP contribution in [0.25, 0.3) is 0 Å². The van der Waals surface area contributed by atoms with Gasteiger partial charge in [-0.05, 0) is 30.5 Å². The summed E-state index contributed by atoms with van der Waals surface area (Å²) in [6.07, 6.45) is 2.13. The first-order chi connectivity index (χ1) is 6.99. The molecule has 3 heteroatoms. The van der Waals surface area contributed by atoms with Crippen LogP contribution in [-0.2, 0) is 5.54 Å². The fourth-order valence-corrected chi connectivity index (χ4v) is 1.96. The van der Waals surface area contributed by atoms with Crippen molar-refractivity contribution in [1.82, 2.24) is 0 Å². The summed E-state index contributed by atoms with van der Waals surface area (Å²) in [6, 6.07) is 6.00. The molecule has 2 N–H and O–H groups in total. The van der Waals surface area contributed by atoms with Crippen molar-refractivity contribution in [2.24, 2.45) is 5.73 Å². The number of ether oxygens (including phenoxy) is 2. The van der Waals surface area contributed by atoms with E-state index < -0.39 is 5.79 Å². The summed E-state index contributed by atoms with van der Waals surface area (Å²) < 4.78 is 11.3. The zero-order valence-corrected chi connectivity index (χ0v) is 9.04. The van der Waals surface area contributed by atoms with E-state index in [9.17, 15) is 0 Å². The van der Waals surface area contributed by atoms with E-state index in [1.54, 1.807) is 0 Å². The van der Waals surface area contributed by atoms with Crippen molar-refractivity contribution in [3.05, 3.63) is 23.8 Å². The molecule has 0 saturated heterocycles. The molecule has 0 unspecified atom stereocenters. The third-order valence-corrected chi connectivity index (χ3v) is 3.02. The Hall–Kier alpha value is -1.22. The molecule has 3 nitrogen and oxygen atoms in total. The topological polar surface area (TPSA) is 44.5 Å². The Balaban J connectivity index is 1.99. The summed E-state index contributed by atoms with van der Waals surface area (Å²) in [5.74, 6) is 1.08. The van der Waals surface area contributed by atoms with Crippen LogP contribution in [0.1, 0.15) is 32.3 Å². The van der Waals surface area contributed by atoms with Crippen molar-refractivity contribution in [1.29, 1.82) is 0 Å². The van der Waals surface area contributed by atoms with E-state index in [4.69, 9.17) is 15.2 Å². The van der Waals surface area contributed by atoms with E-state index in [0.29, 0.717) is 0 Å². The molecule has 0 radical (unpaired) electrons. The van der Waals surface area contributed by atoms with Crippen molar-refractivity contribution >= 4 is 0 Å². The quantitative estimate of drug-likeness (QED) is 0.764. The van der Waals surface area contributed by atoms with Gasteiger partial charge in [-0.1, -0.05) is 6.07 Å². The van der Waals surface area contributed by atoms with Gasteiger partial charge in [0.05, 0.1) is 0 Å². The molecule has 1 aliphatic heterocycles. The Morgan fingerprint density at radius 1 is 1.13 bits per heavy atom. The van der Waals surface area contributed by atoms with Crippen LogP contribution < -0.4 is 15.2 Å². The maximum atomic E-state index is 6.13. The molecule has 1 aromatic rings. The normalized spacial score (nSPS) is 23.9. The second kappa shape index (κ2) is 2.47. The van der Waals surface area contributed by atoms with E-state index in [2.05, 4.69) is 0 Å². The highest BCUT2D eigenvalue weighted by Crippen LogP contribution is 2.47. The van der Waals surface area contributed by atoms with E-state index >= 15 is 0 Å². The Kier molecular flexibility index (Phi) is 1.49. The van der Waals surface area contributed by atoms with Crippen molar-refractivity contribution in [3.63, 3.8) is 0 Å². The monoisotopic (exact) mass is 205 g/mol. The average Bonchev–Trinajstić information content (AvgIpc) is 2.78. The van der Waals surface area contributed by atoms with Crippen LogP contribution in [0, 0.1) is 0 Å². The summed E-state index contributed by atoms with van der Waals surface area (Å²) in [5, 5.41) is 0. The largest absolute Gasteiger partial charge is 0.449 e. The standard InChI is InChI=1S/C12H15NO2/c1-11(2)14-9-4-3-8(7-10(9)15-11)12(13)5-6-12/h3-4,7H,5-6,13H2,1-2H3. The maximum absolute atomic E-state index is 6.13. The van der Waals surface area contributed by atoms with Gasteiger partial charge in [0.2, 0.25) is 5.79 Å². The molecule has 1 heterocycles. The molecule has 3 rings (SSSR count). The Morgan fingerprint density at radius 3 is 2.47 bits per heavy atom. The molecule has 0 spiro atoms. The van der Waals surface area contributed by atoms with Gasteiger partial charge in [-0.25, -0.2) is 0 Å². The lowest BCUT2D eigenvalue weighted by Gasteiger charge is -2.16. The van der Waals surface area contributed by atoms with Crippen LogP contribution in [0.5, 0.6) is 11.5 Å². The lowest BCUT2D eigenvalue weighted by molar-refractivity contribution is -0.0431. The van der Waals surface area contributed by atoms with Gasteiger partial charge in [0.25, 0.3) is 0 Å². The van der Waals surface area contributed by atoms with E-state index in [-0.39, 0.29) is 5.54 Å². The fourth-order valence-electron chi connectivity index (χ4n) is 1.96. The summed E-state index contributed by atoms with van der Waals surface area (Å²) in [5.41, 5.74) is 7.18. The second-order valence-corrected chi connectivity index (χ2v) is 4.92. The van der Waals surface area contributed by atoms with Gasteiger partial charge in [-0.15, -0.1) is 0 Å². The molecule has 0 amide bonds. The number of fused-ring (bicyclic) bond motifs is 1. The highest BCUT2D eigenvalue weighted by Gasteiger charge is 2.41. The van der Waals surface area contributed by atoms with E-state index in [1.807, 2.05) is 32.0 Å². The average molecular weight is 205 g/mol. The lowest BCUT2D eigenvalue weighted by Crippen LogP contribution is -2.29. The van der Waals surface area contributed by atoms with E-state index in [0.717, 1.165) is 29.9 Å². The molecule has 0 atom stereocenters. The van der Waals surface area contributed by atoms with Gasteiger partial charge >= 0.3 is 0 Å². The smallest absolute Gasteiger partial charge is 0.246 e. The Labute approximate surface area is 89.2 Å². The fraction of sp³-hybridized carbons (Fsp3) is 0.500. The zero-order chi connectivity index (χ0) is 10.7. The summed E-state index contributed by atoms with van der Waals surface area (Å²) >= 11 is 0. The second-order valence-electron chi connectivity index (χ2n) is 4.92. The first-order valence-corrected chi connectivity index (χ1v) is 5.30. The molecule has 0 bridgehead atoms. The summed E-state index contributed by atoms with van der Waals surface area (Å²) in [6.45, 7) is 3.81. The van der Waals surface area contributed by atoms with Gasteiger partial charge < -0.3 is 15.2 Å². The Bertz CT molecular complexity index is 422. The summed E-state index contributed by atoms with van der Waals surface area (Å²) in [4.78, 5) is 0. The van der Waals surface area contributed by atoms with Crippen LogP contribution in [0.2, 0.25) is 0 Å². The SMILES string of the molecule is CC1(C)Oc2ccc(C3(N)CC3)cc2O1. The molecule has 1 fully saturated rings. The lowest BCUT2D eigenvalue weighted by atomic mass is 10.1. The highest BCUT2D eigenvalue weighted by molar-refractivity contribution is 5.48. The van der Waals surface area contributed by atoms with Crippen LogP contribution in [-0.4, -0.2) is 5.79 Å². The van der Waals surface area contributed by atoms with Gasteiger partial charge in [-0.2, -0.15) is 0 Å². The zero-order valence-electron chi connectivity index (χ0n) is 9.04. The molecule has 1 aromatic carbocycles. The van der Waals surface area contributed by atoms with Crippen LogP contribution >= 0.6 is 0 Å².